The Labute approximate surface area is 100 Å². The molecule has 0 spiro atoms. The Kier molecular flexibility index (Phi) is 3.80. The average Bonchev–Trinajstić information content (AvgIpc) is 2.84. The molecule has 3 heteroatoms. The zero-order valence-electron chi connectivity index (χ0n) is 9.75. The lowest BCUT2D eigenvalue weighted by Gasteiger charge is -2.03. The van der Waals surface area contributed by atoms with Crippen LogP contribution in [-0.2, 0) is 13.0 Å². The van der Waals surface area contributed by atoms with Crippen molar-refractivity contribution in [1.82, 2.24) is 5.32 Å². The van der Waals surface area contributed by atoms with Crippen LogP contribution in [0, 0.1) is 13.8 Å². The van der Waals surface area contributed by atoms with E-state index in [1.807, 2.05) is 17.4 Å². The number of nitrogens with one attached hydrogen (secondary N) is 1. The Bertz CT molecular complexity index is 402. The zero-order chi connectivity index (χ0) is 11.4. The molecule has 0 radical (unpaired) electrons. The van der Waals surface area contributed by atoms with Crippen LogP contribution in [0.5, 0.6) is 0 Å². The van der Waals surface area contributed by atoms with Crippen LogP contribution >= 0.6 is 11.3 Å². The van der Waals surface area contributed by atoms with Crippen LogP contribution in [0.1, 0.15) is 21.8 Å². The average molecular weight is 235 g/mol. The first-order valence-electron chi connectivity index (χ1n) is 5.54. The highest BCUT2D eigenvalue weighted by atomic mass is 32.1. The van der Waals surface area contributed by atoms with E-state index >= 15 is 0 Å². The SMILES string of the molecule is Cc1ccoc1CNCCc1sccc1C. The number of hydrogen-bond donors (Lipinski definition) is 1. The molecule has 2 nitrogen and oxygen atoms in total. The minimum atomic E-state index is 0.823. The van der Waals surface area contributed by atoms with Gasteiger partial charge in [-0.2, -0.15) is 0 Å². The van der Waals surface area contributed by atoms with Gasteiger partial charge in [-0.25, -0.2) is 0 Å². The molecule has 0 aliphatic rings. The van der Waals surface area contributed by atoms with Gasteiger partial charge in [0.1, 0.15) is 5.76 Å². The predicted molar refractivity (Wildman–Crippen MR) is 67.9 cm³/mol. The molecule has 0 saturated heterocycles. The van der Waals surface area contributed by atoms with Gasteiger partial charge in [0.25, 0.3) is 0 Å². The van der Waals surface area contributed by atoms with Gasteiger partial charge in [-0.1, -0.05) is 0 Å². The predicted octanol–water partition coefficient (Wildman–Crippen LogP) is 3.29. The lowest BCUT2D eigenvalue weighted by atomic mass is 10.2. The summed E-state index contributed by atoms with van der Waals surface area (Å²) >= 11 is 1.84. The molecule has 86 valence electrons. The summed E-state index contributed by atoms with van der Waals surface area (Å²) in [5.74, 6) is 1.04. The Hall–Kier alpha value is -1.06. The van der Waals surface area contributed by atoms with Gasteiger partial charge < -0.3 is 9.73 Å². The van der Waals surface area contributed by atoms with Crippen molar-refractivity contribution in [3.05, 3.63) is 45.5 Å². The first-order chi connectivity index (χ1) is 7.77. The summed E-state index contributed by atoms with van der Waals surface area (Å²) in [6.07, 6.45) is 2.85. The molecule has 16 heavy (non-hydrogen) atoms. The van der Waals surface area contributed by atoms with E-state index in [-0.39, 0.29) is 0 Å². The lowest BCUT2D eigenvalue weighted by molar-refractivity contribution is 0.481. The third kappa shape index (κ3) is 2.74. The van der Waals surface area contributed by atoms with Crippen LogP contribution in [-0.4, -0.2) is 6.54 Å². The number of thiophene rings is 1. The van der Waals surface area contributed by atoms with Crippen molar-refractivity contribution in [3.63, 3.8) is 0 Å². The second-order valence-corrected chi connectivity index (χ2v) is 4.98. The summed E-state index contributed by atoms with van der Waals surface area (Å²) in [7, 11) is 0. The fraction of sp³-hybridized carbons (Fsp3) is 0.385. The van der Waals surface area contributed by atoms with Crippen molar-refractivity contribution in [2.75, 3.05) is 6.54 Å². The maximum Gasteiger partial charge on any atom is 0.120 e. The summed E-state index contributed by atoms with van der Waals surface area (Å²) in [5.41, 5.74) is 2.63. The van der Waals surface area contributed by atoms with Gasteiger partial charge in [0.05, 0.1) is 12.8 Å². The lowest BCUT2D eigenvalue weighted by Crippen LogP contribution is -2.16. The highest BCUT2D eigenvalue weighted by Gasteiger charge is 2.02. The Balaban J connectivity index is 1.74. The molecule has 0 bridgehead atoms. The van der Waals surface area contributed by atoms with Crippen LogP contribution in [0.4, 0.5) is 0 Å². The quantitative estimate of drug-likeness (QED) is 0.804. The monoisotopic (exact) mass is 235 g/mol. The smallest absolute Gasteiger partial charge is 0.120 e. The van der Waals surface area contributed by atoms with Crippen LogP contribution in [0.25, 0.3) is 0 Å². The third-order valence-corrected chi connectivity index (χ3v) is 3.83. The number of rotatable bonds is 5. The van der Waals surface area contributed by atoms with Crippen LogP contribution in [0.2, 0.25) is 0 Å². The number of hydrogen-bond acceptors (Lipinski definition) is 3. The molecule has 2 aromatic heterocycles. The van der Waals surface area contributed by atoms with Gasteiger partial charge in [0, 0.05) is 11.4 Å². The largest absolute Gasteiger partial charge is 0.468 e. The van der Waals surface area contributed by atoms with Gasteiger partial charge in [-0.15, -0.1) is 11.3 Å². The normalized spacial score (nSPS) is 10.9. The maximum absolute atomic E-state index is 5.37. The van der Waals surface area contributed by atoms with E-state index in [2.05, 4.69) is 30.6 Å². The molecule has 0 amide bonds. The molecule has 0 fully saturated rings. The van der Waals surface area contributed by atoms with Gasteiger partial charge >= 0.3 is 0 Å². The summed E-state index contributed by atoms with van der Waals surface area (Å²) in [6, 6.07) is 4.18. The minimum Gasteiger partial charge on any atom is -0.468 e. The van der Waals surface area contributed by atoms with Crippen LogP contribution in [0.15, 0.2) is 28.2 Å². The Morgan fingerprint density at radius 2 is 2.12 bits per heavy atom. The van der Waals surface area contributed by atoms with Crippen molar-refractivity contribution in [2.45, 2.75) is 26.8 Å². The van der Waals surface area contributed by atoms with Gasteiger partial charge in [0.2, 0.25) is 0 Å². The first kappa shape index (κ1) is 11.4. The second kappa shape index (κ2) is 5.32. The molecular weight excluding hydrogens is 218 g/mol. The highest BCUT2D eigenvalue weighted by Crippen LogP contribution is 2.15. The fourth-order valence-corrected chi connectivity index (χ4v) is 2.56. The summed E-state index contributed by atoms with van der Waals surface area (Å²) in [5, 5.41) is 5.56. The number of furan rings is 1. The molecule has 2 heterocycles. The molecule has 0 saturated carbocycles. The highest BCUT2D eigenvalue weighted by molar-refractivity contribution is 7.10. The molecule has 0 aliphatic carbocycles. The van der Waals surface area contributed by atoms with Crippen molar-refractivity contribution in [2.24, 2.45) is 0 Å². The van der Waals surface area contributed by atoms with Crippen molar-refractivity contribution >= 4 is 11.3 Å². The van der Waals surface area contributed by atoms with Crippen molar-refractivity contribution in [1.29, 1.82) is 0 Å². The summed E-state index contributed by atoms with van der Waals surface area (Å²) < 4.78 is 5.37. The maximum atomic E-state index is 5.37. The van der Waals surface area contributed by atoms with E-state index < -0.39 is 0 Å². The van der Waals surface area contributed by atoms with Gasteiger partial charge in [-0.05, 0) is 48.9 Å². The number of aryl methyl sites for hydroxylation is 2. The van der Waals surface area contributed by atoms with E-state index in [0.29, 0.717) is 0 Å². The fourth-order valence-electron chi connectivity index (χ4n) is 1.65. The van der Waals surface area contributed by atoms with Crippen molar-refractivity contribution < 1.29 is 4.42 Å². The third-order valence-electron chi connectivity index (χ3n) is 2.75. The van der Waals surface area contributed by atoms with Gasteiger partial charge in [-0.3, -0.25) is 0 Å². The van der Waals surface area contributed by atoms with E-state index in [4.69, 9.17) is 4.42 Å². The first-order valence-corrected chi connectivity index (χ1v) is 6.42. The minimum absolute atomic E-state index is 0.823. The Morgan fingerprint density at radius 3 is 2.75 bits per heavy atom. The molecule has 0 unspecified atom stereocenters. The molecule has 1 N–H and O–H groups in total. The van der Waals surface area contributed by atoms with Crippen molar-refractivity contribution in [3.8, 4) is 0 Å². The van der Waals surface area contributed by atoms with E-state index in [1.54, 1.807) is 6.26 Å². The summed E-state index contributed by atoms with van der Waals surface area (Å²) in [6.45, 7) is 6.07. The molecular formula is C13H17NOS. The van der Waals surface area contributed by atoms with Gasteiger partial charge in [0.15, 0.2) is 0 Å². The molecule has 0 atom stereocenters. The van der Waals surface area contributed by atoms with E-state index in [0.717, 1.165) is 25.3 Å². The summed E-state index contributed by atoms with van der Waals surface area (Å²) in [4.78, 5) is 1.48. The second-order valence-electron chi connectivity index (χ2n) is 3.98. The molecule has 2 rings (SSSR count). The Morgan fingerprint density at radius 1 is 1.25 bits per heavy atom. The van der Waals surface area contributed by atoms with E-state index in [1.165, 1.54) is 16.0 Å². The molecule has 2 aromatic rings. The molecule has 0 aromatic carbocycles. The topological polar surface area (TPSA) is 25.2 Å². The van der Waals surface area contributed by atoms with Crippen LogP contribution in [0.3, 0.4) is 0 Å². The van der Waals surface area contributed by atoms with Crippen LogP contribution < -0.4 is 5.32 Å². The van der Waals surface area contributed by atoms with E-state index in [9.17, 15) is 0 Å². The molecule has 0 aliphatic heterocycles. The zero-order valence-corrected chi connectivity index (χ0v) is 10.6. The standard InChI is InChI=1S/C13H17NOS/c1-10-4-7-15-12(10)9-14-6-3-13-11(2)5-8-16-13/h4-5,7-8,14H,3,6,9H2,1-2H3.